The zero-order valence-electron chi connectivity index (χ0n) is 17.6. The fraction of sp³-hybridized carbons (Fsp3) is 0.174. The molecule has 172 valence electrons. The summed E-state index contributed by atoms with van der Waals surface area (Å²) in [5.74, 6) is -1.93. The Kier molecular flexibility index (Phi) is 7.81. The number of aromatic nitrogens is 1. The maximum atomic E-state index is 13.9. The van der Waals surface area contributed by atoms with Gasteiger partial charge in [-0.15, -0.1) is 0 Å². The summed E-state index contributed by atoms with van der Waals surface area (Å²) in [5.41, 5.74) is 0.867. The third kappa shape index (κ3) is 5.76. The van der Waals surface area contributed by atoms with Crippen molar-refractivity contribution in [2.45, 2.75) is 13.5 Å². The van der Waals surface area contributed by atoms with Gasteiger partial charge in [0.15, 0.2) is 5.82 Å². The molecular formula is C23H21ClFN3O5. The highest BCUT2D eigenvalue weighted by Gasteiger charge is 2.19. The van der Waals surface area contributed by atoms with Gasteiger partial charge < -0.3 is 25.6 Å². The van der Waals surface area contributed by atoms with Gasteiger partial charge in [-0.3, -0.25) is 14.6 Å². The van der Waals surface area contributed by atoms with Crippen molar-refractivity contribution in [3.05, 3.63) is 81.9 Å². The third-order valence-corrected chi connectivity index (χ3v) is 5.00. The summed E-state index contributed by atoms with van der Waals surface area (Å²) in [6.45, 7) is 1.54. The molecule has 2 aromatic carbocycles. The number of benzene rings is 2. The van der Waals surface area contributed by atoms with Gasteiger partial charge in [0.2, 0.25) is 0 Å². The van der Waals surface area contributed by atoms with E-state index in [9.17, 15) is 19.1 Å². The number of nitrogens with zero attached hydrogens (tertiary/aromatic N) is 1. The molecular weight excluding hydrogens is 453 g/mol. The smallest absolute Gasteiger partial charge is 0.258 e. The average molecular weight is 474 g/mol. The molecule has 33 heavy (non-hydrogen) atoms. The first-order valence-electron chi connectivity index (χ1n) is 9.85. The number of carbonyl (C=O) groups is 2. The van der Waals surface area contributed by atoms with Gasteiger partial charge in [0.25, 0.3) is 11.8 Å². The number of rotatable bonds is 8. The Bertz CT molecular complexity index is 1190. The van der Waals surface area contributed by atoms with Gasteiger partial charge in [0, 0.05) is 28.9 Å². The normalized spacial score (nSPS) is 10.5. The van der Waals surface area contributed by atoms with Crippen LogP contribution in [0.15, 0.2) is 48.8 Å². The lowest BCUT2D eigenvalue weighted by molar-refractivity contribution is 0.0948. The van der Waals surface area contributed by atoms with E-state index < -0.39 is 17.6 Å². The van der Waals surface area contributed by atoms with Crippen LogP contribution in [0, 0.1) is 12.7 Å². The van der Waals surface area contributed by atoms with E-state index in [0.29, 0.717) is 21.9 Å². The molecule has 0 saturated carbocycles. The number of nitrogens with one attached hydrogen (secondary N) is 2. The van der Waals surface area contributed by atoms with Crippen LogP contribution >= 0.6 is 11.6 Å². The molecule has 2 amide bonds. The van der Waals surface area contributed by atoms with Crippen molar-refractivity contribution in [1.29, 1.82) is 0 Å². The summed E-state index contributed by atoms with van der Waals surface area (Å²) >= 11 is 5.99. The van der Waals surface area contributed by atoms with Crippen molar-refractivity contribution < 1.29 is 28.9 Å². The molecule has 0 fully saturated rings. The van der Waals surface area contributed by atoms with Gasteiger partial charge in [-0.25, -0.2) is 4.39 Å². The van der Waals surface area contributed by atoms with Gasteiger partial charge in [-0.1, -0.05) is 17.7 Å². The zero-order chi connectivity index (χ0) is 24.0. The van der Waals surface area contributed by atoms with Crippen LogP contribution < -0.4 is 15.4 Å². The number of halogens is 2. The quantitative estimate of drug-likeness (QED) is 0.372. The number of aliphatic hydroxyl groups is 1. The Balaban J connectivity index is 1.78. The minimum absolute atomic E-state index is 0.0117. The molecule has 0 radical (unpaired) electrons. The molecule has 0 aliphatic carbocycles. The minimum atomic E-state index is -0.816. The van der Waals surface area contributed by atoms with E-state index in [1.54, 1.807) is 25.1 Å². The van der Waals surface area contributed by atoms with Gasteiger partial charge in [-0.05, 0) is 42.8 Å². The lowest BCUT2D eigenvalue weighted by Gasteiger charge is -2.15. The second kappa shape index (κ2) is 10.8. The highest BCUT2D eigenvalue weighted by molar-refractivity contribution is 6.30. The van der Waals surface area contributed by atoms with E-state index in [1.165, 1.54) is 24.4 Å². The second-order valence-electron chi connectivity index (χ2n) is 6.95. The Morgan fingerprint density at radius 3 is 2.67 bits per heavy atom. The number of aromatic hydroxyl groups is 1. The maximum Gasteiger partial charge on any atom is 0.258 e. The molecule has 0 spiro atoms. The highest BCUT2D eigenvalue weighted by atomic mass is 35.5. The summed E-state index contributed by atoms with van der Waals surface area (Å²) in [4.78, 5) is 28.9. The molecule has 1 heterocycles. The molecule has 8 nitrogen and oxygen atoms in total. The first kappa shape index (κ1) is 24.0. The van der Waals surface area contributed by atoms with E-state index in [-0.39, 0.29) is 42.3 Å². The second-order valence-corrected chi connectivity index (χ2v) is 7.39. The van der Waals surface area contributed by atoms with Crippen molar-refractivity contribution >= 4 is 29.1 Å². The average Bonchev–Trinajstić information content (AvgIpc) is 2.79. The summed E-state index contributed by atoms with van der Waals surface area (Å²) < 4.78 is 19.3. The number of hydrogen-bond acceptors (Lipinski definition) is 6. The van der Waals surface area contributed by atoms with Crippen molar-refractivity contribution in [3.8, 4) is 11.5 Å². The van der Waals surface area contributed by atoms with Gasteiger partial charge in [0.05, 0.1) is 24.1 Å². The molecule has 0 aliphatic rings. The number of pyridine rings is 1. The van der Waals surface area contributed by atoms with E-state index in [0.717, 1.165) is 6.20 Å². The Morgan fingerprint density at radius 1 is 1.15 bits per heavy atom. The topological polar surface area (TPSA) is 121 Å². The van der Waals surface area contributed by atoms with Crippen LogP contribution in [-0.4, -0.2) is 40.2 Å². The Labute approximate surface area is 194 Å². The predicted molar refractivity (Wildman–Crippen MR) is 120 cm³/mol. The fourth-order valence-corrected chi connectivity index (χ4v) is 3.24. The van der Waals surface area contributed by atoms with Crippen LogP contribution in [-0.2, 0) is 6.54 Å². The molecule has 0 unspecified atom stereocenters. The summed E-state index contributed by atoms with van der Waals surface area (Å²) in [6.07, 6.45) is 2.17. The van der Waals surface area contributed by atoms with Crippen LogP contribution in [0.5, 0.6) is 11.5 Å². The molecule has 0 bridgehead atoms. The number of phenolic OH excluding ortho intramolecular Hbond substituents is 1. The zero-order valence-corrected chi connectivity index (χ0v) is 18.3. The lowest BCUT2D eigenvalue weighted by Crippen LogP contribution is -2.25. The van der Waals surface area contributed by atoms with Gasteiger partial charge >= 0.3 is 0 Å². The fourth-order valence-electron chi connectivity index (χ4n) is 3.08. The van der Waals surface area contributed by atoms with Crippen LogP contribution in [0.3, 0.4) is 0 Å². The molecule has 1 aromatic heterocycles. The lowest BCUT2D eigenvalue weighted by atomic mass is 10.0. The number of aliphatic hydroxyl groups excluding tert-OH is 1. The van der Waals surface area contributed by atoms with E-state index in [4.69, 9.17) is 21.4 Å². The minimum Gasteiger partial charge on any atom is -0.506 e. The number of hydrogen-bond donors (Lipinski definition) is 4. The number of phenols is 1. The molecule has 3 aromatic rings. The van der Waals surface area contributed by atoms with Crippen molar-refractivity contribution in [2.24, 2.45) is 0 Å². The molecule has 10 heteroatoms. The van der Waals surface area contributed by atoms with Crippen LogP contribution in [0.4, 0.5) is 10.1 Å². The Morgan fingerprint density at radius 2 is 1.94 bits per heavy atom. The van der Waals surface area contributed by atoms with E-state index in [1.807, 2.05) is 0 Å². The monoisotopic (exact) mass is 473 g/mol. The van der Waals surface area contributed by atoms with E-state index in [2.05, 4.69) is 15.6 Å². The van der Waals surface area contributed by atoms with Crippen molar-refractivity contribution in [3.63, 3.8) is 0 Å². The molecule has 0 atom stereocenters. The van der Waals surface area contributed by atoms with E-state index >= 15 is 0 Å². The van der Waals surface area contributed by atoms with Crippen molar-refractivity contribution in [1.82, 2.24) is 10.3 Å². The number of amides is 2. The van der Waals surface area contributed by atoms with Crippen molar-refractivity contribution in [2.75, 3.05) is 18.5 Å². The number of carbonyl (C=O) groups excluding carboxylic acids is 2. The standard InChI is InChI=1S/C23H21ClFN3O5/c1-13-16(22(31)27-11-14-2-3-15(24)10-20(14)33-9-8-29)4-5-19(30)21(13)28-23(32)17-6-7-26-12-18(17)25/h2-7,10,12,29-30H,8-9,11H2,1H3,(H,27,31)(H,28,32). The maximum absolute atomic E-state index is 13.9. The number of ether oxygens (including phenoxy) is 1. The SMILES string of the molecule is Cc1c(C(=O)NCc2ccc(Cl)cc2OCCO)ccc(O)c1NC(=O)c1ccncc1F. The van der Waals surface area contributed by atoms with Crippen LogP contribution in [0.25, 0.3) is 0 Å². The van der Waals surface area contributed by atoms with Gasteiger partial charge in [0.1, 0.15) is 18.1 Å². The summed E-state index contributed by atoms with van der Waals surface area (Å²) in [5, 5.41) is 24.8. The molecule has 3 rings (SSSR count). The predicted octanol–water partition coefficient (Wildman–Crippen LogP) is 3.44. The first-order valence-corrected chi connectivity index (χ1v) is 10.2. The summed E-state index contributed by atoms with van der Waals surface area (Å²) in [7, 11) is 0. The largest absolute Gasteiger partial charge is 0.506 e. The third-order valence-electron chi connectivity index (χ3n) is 4.76. The van der Waals surface area contributed by atoms with Crippen LogP contribution in [0.1, 0.15) is 31.8 Å². The summed E-state index contributed by atoms with van der Waals surface area (Å²) in [6, 6.07) is 8.79. The van der Waals surface area contributed by atoms with Crippen LogP contribution in [0.2, 0.25) is 5.02 Å². The Hall–Kier alpha value is -3.69. The molecule has 0 saturated heterocycles. The number of anilines is 1. The molecule has 0 aliphatic heterocycles. The first-order chi connectivity index (χ1) is 15.8. The highest BCUT2D eigenvalue weighted by Crippen LogP contribution is 2.30. The molecule has 4 N–H and O–H groups in total. The van der Waals surface area contributed by atoms with Gasteiger partial charge in [-0.2, -0.15) is 0 Å².